The van der Waals surface area contributed by atoms with Crippen LogP contribution in [0.15, 0.2) is 0 Å². The largest absolute Gasteiger partial charge is 0.464 e. The monoisotopic (exact) mass is 287 g/mol. The van der Waals surface area contributed by atoms with Gasteiger partial charge in [0.25, 0.3) is 5.91 Å². The minimum Gasteiger partial charge on any atom is -0.464 e. The Morgan fingerprint density at radius 1 is 1.53 bits per heavy atom. The lowest BCUT2D eigenvalue weighted by Gasteiger charge is -2.25. The van der Waals surface area contributed by atoms with Crippen LogP contribution in [-0.2, 0) is 9.53 Å². The van der Waals surface area contributed by atoms with Crippen molar-refractivity contribution >= 4 is 23.4 Å². The van der Waals surface area contributed by atoms with E-state index in [1.165, 1.54) is 4.90 Å². The van der Waals surface area contributed by atoms with Crippen molar-refractivity contribution in [2.45, 2.75) is 26.8 Å². The van der Waals surface area contributed by atoms with Gasteiger partial charge in [-0.05, 0) is 32.3 Å². The van der Waals surface area contributed by atoms with Gasteiger partial charge in [-0.3, -0.25) is 4.79 Å². The summed E-state index contributed by atoms with van der Waals surface area (Å²) in [4.78, 5) is 29.1. The van der Waals surface area contributed by atoms with Gasteiger partial charge < -0.3 is 14.7 Å². The van der Waals surface area contributed by atoms with Crippen LogP contribution in [0.4, 0.5) is 0 Å². The Morgan fingerprint density at radius 2 is 2.21 bits per heavy atom. The van der Waals surface area contributed by atoms with Gasteiger partial charge in [0, 0.05) is 6.54 Å². The van der Waals surface area contributed by atoms with Gasteiger partial charge in [0.15, 0.2) is 0 Å². The summed E-state index contributed by atoms with van der Waals surface area (Å²) in [7, 11) is 0. The highest BCUT2D eigenvalue weighted by Crippen LogP contribution is 2.11. The number of carbonyl (C=O) groups is 2. The number of ether oxygens (including phenoxy) is 1. The second-order valence-corrected chi connectivity index (χ2v) is 4.55. The maximum Gasteiger partial charge on any atom is 0.328 e. The fourth-order valence-electron chi connectivity index (χ4n) is 1.48. The van der Waals surface area contributed by atoms with E-state index in [4.69, 9.17) is 9.84 Å². The minimum atomic E-state index is -0.774. The zero-order chi connectivity index (χ0) is 14.4. The first-order valence-electron chi connectivity index (χ1n) is 5.90. The summed E-state index contributed by atoms with van der Waals surface area (Å²) in [5.41, 5.74) is 0. The third-order valence-corrected chi connectivity index (χ3v) is 3.20. The van der Waals surface area contributed by atoms with Gasteiger partial charge in [-0.2, -0.15) is 4.37 Å². The highest BCUT2D eigenvalue weighted by molar-refractivity contribution is 7.07. The summed E-state index contributed by atoms with van der Waals surface area (Å²) in [6.45, 7) is 4.96. The van der Waals surface area contributed by atoms with Gasteiger partial charge >= 0.3 is 5.97 Å². The number of carbonyl (C=O) groups excluding carboxylic acids is 2. The molecule has 1 heterocycles. The SMILES string of the molecule is CCOC(=O)[C@@H](C)N(CCO)C(=O)c1nc(C)ns1. The Morgan fingerprint density at radius 3 is 2.68 bits per heavy atom. The molecule has 0 aliphatic carbocycles. The number of hydrogen-bond acceptors (Lipinski definition) is 7. The Bertz CT molecular complexity index is 449. The van der Waals surface area contributed by atoms with Crippen LogP contribution in [0.2, 0.25) is 0 Å². The highest BCUT2D eigenvalue weighted by atomic mass is 32.1. The van der Waals surface area contributed by atoms with Crippen LogP contribution in [0.5, 0.6) is 0 Å². The number of aryl methyl sites for hydroxylation is 1. The molecule has 0 radical (unpaired) electrons. The van der Waals surface area contributed by atoms with Crippen molar-refractivity contribution in [3.05, 3.63) is 10.8 Å². The Labute approximate surface area is 115 Å². The molecule has 19 heavy (non-hydrogen) atoms. The van der Waals surface area contributed by atoms with Gasteiger partial charge in [0.2, 0.25) is 5.01 Å². The zero-order valence-corrected chi connectivity index (χ0v) is 11.9. The molecule has 0 spiro atoms. The third kappa shape index (κ3) is 3.97. The normalized spacial score (nSPS) is 12.0. The molecule has 0 aromatic carbocycles. The topological polar surface area (TPSA) is 92.6 Å². The highest BCUT2D eigenvalue weighted by Gasteiger charge is 2.29. The molecule has 0 aliphatic rings. The summed E-state index contributed by atoms with van der Waals surface area (Å²) in [6, 6.07) is -0.774. The summed E-state index contributed by atoms with van der Waals surface area (Å²) >= 11 is 0.968. The van der Waals surface area contributed by atoms with Gasteiger partial charge in [-0.15, -0.1) is 0 Å². The predicted octanol–water partition coefficient (Wildman–Crippen LogP) is 0.233. The van der Waals surface area contributed by atoms with Crippen molar-refractivity contribution in [1.29, 1.82) is 0 Å². The maximum atomic E-state index is 12.2. The summed E-state index contributed by atoms with van der Waals surface area (Å²) in [6.07, 6.45) is 0. The van der Waals surface area contributed by atoms with E-state index >= 15 is 0 Å². The van der Waals surface area contributed by atoms with Crippen molar-refractivity contribution in [3.8, 4) is 0 Å². The first kappa shape index (κ1) is 15.5. The lowest BCUT2D eigenvalue weighted by molar-refractivity contribution is -0.148. The lowest BCUT2D eigenvalue weighted by Crippen LogP contribution is -2.45. The fourth-order valence-corrected chi connectivity index (χ4v) is 2.10. The number of rotatable bonds is 6. The number of nitrogens with zero attached hydrogens (tertiary/aromatic N) is 3. The van der Waals surface area contributed by atoms with Crippen LogP contribution in [0, 0.1) is 6.92 Å². The first-order valence-corrected chi connectivity index (χ1v) is 6.67. The number of aliphatic hydroxyl groups is 1. The van der Waals surface area contributed by atoms with Gasteiger partial charge in [-0.25, -0.2) is 9.78 Å². The molecule has 1 N–H and O–H groups in total. The third-order valence-electron chi connectivity index (χ3n) is 2.41. The Balaban J connectivity index is 2.87. The Kier molecular flexibility index (Phi) is 5.84. The molecule has 1 amide bonds. The molecular weight excluding hydrogens is 270 g/mol. The molecule has 1 aromatic heterocycles. The van der Waals surface area contributed by atoms with Crippen molar-refractivity contribution in [1.82, 2.24) is 14.3 Å². The molecule has 8 heteroatoms. The molecular formula is C11H17N3O4S. The second-order valence-electron chi connectivity index (χ2n) is 3.80. The van der Waals surface area contributed by atoms with E-state index in [0.717, 1.165) is 11.5 Å². The van der Waals surface area contributed by atoms with Crippen molar-refractivity contribution in [3.63, 3.8) is 0 Å². The molecule has 1 aromatic rings. The number of hydrogen-bond donors (Lipinski definition) is 1. The summed E-state index contributed by atoms with van der Waals surface area (Å²) < 4.78 is 8.80. The van der Waals surface area contributed by atoms with Crippen LogP contribution in [0.1, 0.15) is 29.5 Å². The quantitative estimate of drug-likeness (QED) is 0.753. The average molecular weight is 287 g/mol. The fraction of sp³-hybridized carbons (Fsp3) is 0.636. The number of esters is 1. The maximum absolute atomic E-state index is 12.2. The van der Waals surface area contributed by atoms with E-state index in [1.807, 2.05) is 0 Å². The molecule has 0 unspecified atom stereocenters. The standard InChI is InChI=1S/C11H17N3O4S/c1-4-18-11(17)7(2)14(5-6-15)10(16)9-12-8(3)13-19-9/h7,15H,4-6H2,1-3H3/t7-/m1/s1. The van der Waals surface area contributed by atoms with E-state index in [2.05, 4.69) is 9.36 Å². The molecule has 1 atom stereocenters. The lowest BCUT2D eigenvalue weighted by atomic mass is 10.2. The van der Waals surface area contributed by atoms with E-state index < -0.39 is 17.9 Å². The van der Waals surface area contributed by atoms with E-state index in [1.54, 1.807) is 20.8 Å². The van der Waals surface area contributed by atoms with Gasteiger partial charge in [-0.1, -0.05) is 0 Å². The second kappa shape index (κ2) is 7.15. The number of aliphatic hydroxyl groups excluding tert-OH is 1. The Hall–Kier alpha value is -1.54. The molecule has 106 valence electrons. The molecule has 0 aliphatic heterocycles. The van der Waals surface area contributed by atoms with Gasteiger partial charge in [0.05, 0.1) is 13.2 Å². The van der Waals surface area contributed by atoms with E-state index in [0.29, 0.717) is 5.82 Å². The molecule has 0 saturated heterocycles. The van der Waals surface area contributed by atoms with E-state index in [-0.39, 0.29) is 24.8 Å². The first-order chi connectivity index (χ1) is 9.01. The van der Waals surface area contributed by atoms with Crippen molar-refractivity contribution in [2.75, 3.05) is 19.8 Å². The van der Waals surface area contributed by atoms with Crippen LogP contribution in [0.3, 0.4) is 0 Å². The molecule has 0 bridgehead atoms. The number of aromatic nitrogens is 2. The number of amides is 1. The predicted molar refractivity (Wildman–Crippen MR) is 68.9 cm³/mol. The van der Waals surface area contributed by atoms with Crippen LogP contribution in [-0.4, -0.2) is 57.0 Å². The van der Waals surface area contributed by atoms with Crippen LogP contribution >= 0.6 is 11.5 Å². The molecule has 0 saturated carbocycles. The van der Waals surface area contributed by atoms with E-state index in [9.17, 15) is 9.59 Å². The van der Waals surface area contributed by atoms with Crippen LogP contribution in [0.25, 0.3) is 0 Å². The zero-order valence-electron chi connectivity index (χ0n) is 11.1. The average Bonchev–Trinajstić information content (AvgIpc) is 2.81. The van der Waals surface area contributed by atoms with Crippen molar-refractivity contribution in [2.24, 2.45) is 0 Å². The molecule has 0 fully saturated rings. The summed E-state index contributed by atoms with van der Waals surface area (Å²) in [5.74, 6) is -0.438. The van der Waals surface area contributed by atoms with Crippen molar-refractivity contribution < 1.29 is 19.4 Å². The minimum absolute atomic E-state index is 0.0391. The van der Waals surface area contributed by atoms with Gasteiger partial charge in [0.1, 0.15) is 11.9 Å². The van der Waals surface area contributed by atoms with Crippen LogP contribution < -0.4 is 0 Å². The smallest absolute Gasteiger partial charge is 0.328 e. The molecule has 7 nitrogen and oxygen atoms in total. The molecule has 1 rings (SSSR count). The summed E-state index contributed by atoms with van der Waals surface area (Å²) in [5, 5.41) is 9.22.